The third-order valence-electron chi connectivity index (χ3n) is 7.08. The number of sulfonamides is 2. The van der Waals surface area contributed by atoms with Gasteiger partial charge in [-0.1, -0.05) is 36.4 Å². The van der Waals surface area contributed by atoms with Crippen LogP contribution in [0.15, 0.2) is 48.5 Å². The first-order valence-corrected chi connectivity index (χ1v) is 15.5. The number of amides is 1. The number of carbonyl (C=O) groups is 1. The van der Waals surface area contributed by atoms with Crippen molar-refractivity contribution in [2.75, 3.05) is 24.2 Å². The van der Waals surface area contributed by atoms with E-state index in [1.165, 1.54) is 10.4 Å². The number of nitrogens with one attached hydrogen (secondary N) is 1. The van der Waals surface area contributed by atoms with Gasteiger partial charge in [0.15, 0.2) is 0 Å². The molecule has 2 aromatic carbocycles. The molecule has 2 atom stereocenters. The highest BCUT2D eigenvalue weighted by molar-refractivity contribution is 7.89. The lowest BCUT2D eigenvalue weighted by molar-refractivity contribution is -0.123. The topological polar surface area (TPSA) is 104 Å². The summed E-state index contributed by atoms with van der Waals surface area (Å²) < 4.78 is 68.1. The van der Waals surface area contributed by atoms with Gasteiger partial charge in [0.05, 0.1) is 6.26 Å². The van der Waals surface area contributed by atoms with Crippen LogP contribution in [0.1, 0.15) is 49.0 Å². The largest absolute Gasteiger partial charge is 0.371 e. The van der Waals surface area contributed by atoms with E-state index in [4.69, 9.17) is 0 Å². The maximum absolute atomic E-state index is 15.2. The van der Waals surface area contributed by atoms with Crippen molar-refractivity contribution >= 4 is 31.6 Å². The van der Waals surface area contributed by atoms with Crippen LogP contribution in [-0.4, -0.2) is 52.4 Å². The summed E-state index contributed by atoms with van der Waals surface area (Å²) in [5.41, 5.74) is 1.71. The molecule has 2 unspecified atom stereocenters. The van der Waals surface area contributed by atoms with Gasteiger partial charge < -0.3 is 4.90 Å². The maximum Gasteiger partial charge on any atom is 0.236 e. The van der Waals surface area contributed by atoms with E-state index in [1.54, 1.807) is 12.1 Å². The van der Waals surface area contributed by atoms with E-state index in [2.05, 4.69) is 0 Å². The zero-order chi connectivity index (χ0) is 26.1. The summed E-state index contributed by atoms with van der Waals surface area (Å²) in [7, 11) is -7.27. The molecule has 11 heteroatoms. The molecule has 0 saturated carbocycles. The highest BCUT2D eigenvalue weighted by Gasteiger charge is 2.40. The van der Waals surface area contributed by atoms with Gasteiger partial charge in [-0.2, -0.15) is 4.31 Å². The quantitative estimate of drug-likeness (QED) is 0.607. The zero-order valence-electron chi connectivity index (χ0n) is 20.4. The number of benzene rings is 2. The predicted molar refractivity (Wildman–Crippen MR) is 137 cm³/mol. The second-order valence-corrected chi connectivity index (χ2v) is 13.5. The number of halogens is 1. The van der Waals surface area contributed by atoms with Crippen LogP contribution in [0.5, 0.6) is 0 Å². The van der Waals surface area contributed by atoms with Crippen molar-refractivity contribution in [3.63, 3.8) is 0 Å². The minimum atomic E-state index is -3.66. The SMILES string of the molecule is CC1CCC(c2ccccc2)S(=O)(=O)N1Cc1ccc(N2CCC(C(=O)NS(C)(=O)=O)CC2)cc1F. The molecule has 36 heavy (non-hydrogen) atoms. The Hall–Kier alpha value is -2.50. The lowest BCUT2D eigenvalue weighted by atomic mass is 9.96. The van der Waals surface area contributed by atoms with Gasteiger partial charge in [0.2, 0.25) is 26.0 Å². The molecule has 1 amide bonds. The van der Waals surface area contributed by atoms with Gasteiger partial charge in [-0.25, -0.2) is 21.2 Å². The number of piperidine rings is 1. The van der Waals surface area contributed by atoms with Crippen molar-refractivity contribution in [3.8, 4) is 0 Å². The van der Waals surface area contributed by atoms with E-state index in [9.17, 15) is 21.6 Å². The number of carbonyl (C=O) groups excluding carboxylic acids is 1. The molecule has 4 rings (SSSR count). The van der Waals surface area contributed by atoms with Gasteiger partial charge in [0.1, 0.15) is 11.1 Å². The van der Waals surface area contributed by atoms with Crippen LogP contribution in [0.2, 0.25) is 0 Å². The molecule has 2 fully saturated rings. The number of hydrogen-bond acceptors (Lipinski definition) is 6. The van der Waals surface area contributed by atoms with Gasteiger partial charge in [-0.3, -0.25) is 9.52 Å². The first-order valence-electron chi connectivity index (χ1n) is 12.1. The summed E-state index contributed by atoms with van der Waals surface area (Å²) in [6.07, 6.45) is 3.08. The molecule has 1 N–H and O–H groups in total. The Morgan fingerprint density at radius 2 is 1.72 bits per heavy atom. The van der Waals surface area contributed by atoms with E-state index >= 15 is 4.39 Å². The monoisotopic (exact) mass is 537 g/mol. The van der Waals surface area contributed by atoms with Crippen LogP contribution >= 0.6 is 0 Å². The molecule has 0 aliphatic carbocycles. The van der Waals surface area contributed by atoms with Crippen LogP contribution in [0.25, 0.3) is 0 Å². The number of nitrogens with zero attached hydrogens (tertiary/aromatic N) is 2. The Morgan fingerprint density at radius 3 is 2.33 bits per heavy atom. The smallest absolute Gasteiger partial charge is 0.236 e. The molecular weight excluding hydrogens is 505 g/mol. The van der Waals surface area contributed by atoms with Crippen molar-refractivity contribution in [2.45, 2.75) is 50.4 Å². The molecule has 0 spiro atoms. The average molecular weight is 538 g/mol. The third kappa shape index (κ3) is 5.90. The van der Waals surface area contributed by atoms with E-state index in [0.717, 1.165) is 11.8 Å². The van der Waals surface area contributed by atoms with E-state index < -0.39 is 42.9 Å². The fourth-order valence-electron chi connectivity index (χ4n) is 5.05. The third-order valence-corrected chi connectivity index (χ3v) is 10.0. The van der Waals surface area contributed by atoms with Crippen molar-refractivity contribution in [2.24, 2.45) is 5.92 Å². The normalized spacial score (nSPS) is 23.4. The maximum atomic E-state index is 15.2. The van der Waals surface area contributed by atoms with Crippen LogP contribution in [0.4, 0.5) is 10.1 Å². The predicted octanol–water partition coefficient (Wildman–Crippen LogP) is 3.17. The molecule has 2 aliphatic rings. The molecule has 2 heterocycles. The van der Waals surface area contributed by atoms with Crippen molar-refractivity contribution in [1.82, 2.24) is 9.03 Å². The number of rotatable bonds is 6. The van der Waals surface area contributed by atoms with Crippen molar-refractivity contribution in [1.29, 1.82) is 0 Å². The van der Waals surface area contributed by atoms with Crippen molar-refractivity contribution in [3.05, 3.63) is 65.5 Å². The van der Waals surface area contributed by atoms with Gasteiger partial charge in [-0.05, 0) is 50.3 Å². The Balaban J connectivity index is 1.44. The standard InChI is InChI=1S/C25H32FN3O5S2/c1-18-8-11-24(19-6-4-3-5-7-19)36(33,34)29(18)17-21-9-10-22(16-23(21)26)28-14-12-20(13-15-28)25(30)27-35(2,31)32/h3-7,9-10,16,18,20,24H,8,11-15,17H2,1-2H3,(H,27,30). The summed E-state index contributed by atoms with van der Waals surface area (Å²) >= 11 is 0. The van der Waals surface area contributed by atoms with Gasteiger partial charge in [-0.15, -0.1) is 0 Å². The van der Waals surface area contributed by atoms with Gasteiger partial charge >= 0.3 is 0 Å². The van der Waals surface area contributed by atoms with Gasteiger partial charge in [0, 0.05) is 42.8 Å². The fraction of sp³-hybridized carbons (Fsp3) is 0.480. The second kappa shape index (κ2) is 10.5. The molecule has 0 aromatic heterocycles. The number of hydrogen-bond donors (Lipinski definition) is 1. The Kier molecular flexibility index (Phi) is 7.72. The molecule has 196 valence electrons. The van der Waals surface area contributed by atoms with Crippen LogP contribution in [0, 0.1) is 11.7 Å². The molecule has 0 radical (unpaired) electrons. The summed E-state index contributed by atoms with van der Waals surface area (Å²) in [4.78, 5) is 14.1. The minimum Gasteiger partial charge on any atom is -0.371 e. The molecular formula is C25H32FN3O5S2. The average Bonchev–Trinajstić information content (AvgIpc) is 2.82. The Bertz CT molecular complexity index is 1310. The van der Waals surface area contributed by atoms with Crippen LogP contribution in [-0.2, 0) is 31.4 Å². The van der Waals surface area contributed by atoms with Crippen molar-refractivity contribution < 1.29 is 26.0 Å². The first-order chi connectivity index (χ1) is 17.0. The molecule has 2 aromatic rings. The highest BCUT2D eigenvalue weighted by atomic mass is 32.2. The lowest BCUT2D eigenvalue weighted by Gasteiger charge is -2.37. The molecule has 8 nitrogen and oxygen atoms in total. The van der Waals surface area contributed by atoms with E-state index in [1.807, 2.05) is 46.9 Å². The second-order valence-electron chi connectivity index (χ2n) is 9.69. The molecule has 2 saturated heterocycles. The minimum absolute atomic E-state index is 0.0350. The Labute approximate surface area is 212 Å². The fourth-order valence-corrected chi connectivity index (χ4v) is 7.77. The lowest BCUT2D eigenvalue weighted by Crippen LogP contribution is -2.44. The van der Waals surface area contributed by atoms with Gasteiger partial charge in [0.25, 0.3) is 0 Å². The highest BCUT2D eigenvalue weighted by Crippen LogP contribution is 2.38. The molecule has 2 aliphatic heterocycles. The Morgan fingerprint density at radius 1 is 1.06 bits per heavy atom. The first kappa shape index (κ1) is 26.6. The van der Waals surface area contributed by atoms with E-state index in [-0.39, 0.29) is 12.6 Å². The summed E-state index contributed by atoms with van der Waals surface area (Å²) in [5.74, 6) is -1.40. The zero-order valence-corrected chi connectivity index (χ0v) is 22.1. The summed E-state index contributed by atoms with van der Waals surface area (Å²) in [6.45, 7) is 2.79. The summed E-state index contributed by atoms with van der Waals surface area (Å²) in [6, 6.07) is 13.7. The van der Waals surface area contributed by atoms with Crippen LogP contribution < -0.4 is 9.62 Å². The van der Waals surface area contributed by atoms with Crippen LogP contribution in [0.3, 0.4) is 0 Å². The number of anilines is 1. The molecule has 0 bridgehead atoms. The van der Waals surface area contributed by atoms with E-state index in [0.29, 0.717) is 50.0 Å². The summed E-state index contributed by atoms with van der Waals surface area (Å²) in [5, 5.41) is -0.640.